The molecule has 10 nitrogen and oxygen atoms in total. The lowest BCUT2D eigenvalue weighted by molar-refractivity contribution is 0.402. The smallest absolute Gasteiger partial charge is 0.244 e. The van der Waals surface area contributed by atoms with Crippen LogP contribution < -0.4 is 9.46 Å². The third kappa shape index (κ3) is 3.73. The molecule has 0 saturated heterocycles. The molecule has 0 aliphatic heterocycles. The number of rotatable bonds is 8. The highest BCUT2D eigenvalue weighted by molar-refractivity contribution is 7.89. The molecule has 0 aliphatic rings. The quantitative estimate of drug-likeness (QED) is 0.609. The highest BCUT2D eigenvalue weighted by atomic mass is 32.2. The van der Waals surface area contributed by atoms with E-state index in [9.17, 15) is 8.42 Å². The SMILES string of the molecule is CCn1nnnc1-c1ccc(OC)c(S(=O)(=O)NCCn2cccn2)c1. The summed E-state index contributed by atoms with van der Waals surface area (Å²) in [5.41, 5.74) is 0.588. The van der Waals surface area contributed by atoms with E-state index in [1.807, 2.05) is 6.92 Å². The number of hydrogen-bond acceptors (Lipinski definition) is 7. The van der Waals surface area contributed by atoms with Crippen molar-refractivity contribution in [2.45, 2.75) is 24.9 Å². The van der Waals surface area contributed by atoms with E-state index in [0.717, 1.165) is 0 Å². The van der Waals surface area contributed by atoms with Crippen LogP contribution in [0.4, 0.5) is 0 Å². The lowest BCUT2D eigenvalue weighted by Crippen LogP contribution is -2.28. The highest BCUT2D eigenvalue weighted by Crippen LogP contribution is 2.28. The summed E-state index contributed by atoms with van der Waals surface area (Å²) in [7, 11) is -2.36. The first kappa shape index (κ1) is 18.0. The molecule has 0 saturated carbocycles. The van der Waals surface area contributed by atoms with Crippen molar-refractivity contribution >= 4 is 10.0 Å². The van der Waals surface area contributed by atoms with Crippen molar-refractivity contribution in [3.63, 3.8) is 0 Å². The molecule has 3 aromatic rings. The zero-order valence-electron chi connectivity index (χ0n) is 14.4. The predicted octanol–water partition coefficient (Wildman–Crippen LogP) is 0.544. The molecule has 3 rings (SSSR count). The summed E-state index contributed by atoms with van der Waals surface area (Å²) in [5.74, 6) is 0.735. The summed E-state index contributed by atoms with van der Waals surface area (Å²) in [4.78, 5) is 0.0311. The zero-order chi connectivity index (χ0) is 18.6. The number of benzene rings is 1. The topological polar surface area (TPSA) is 117 Å². The molecule has 26 heavy (non-hydrogen) atoms. The van der Waals surface area contributed by atoms with Crippen LogP contribution in [0.25, 0.3) is 11.4 Å². The second kappa shape index (κ2) is 7.62. The minimum atomic E-state index is -3.78. The Morgan fingerprint density at radius 1 is 1.31 bits per heavy atom. The maximum atomic E-state index is 12.7. The van der Waals surface area contributed by atoms with Crippen molar-refractivity contribution in [2.24, 2.45) is 0 Å². The number of aromatic nitrogens is 6. The lowest BCUT2D eigenvalue weighted by atomic mass is 10.2. The Bertz CT molecular complexity index is 967. The fourth-order valence-corrected chi connectivity index (χ4v) is 3.67. The minimum Gasteiger partial charge on any atom is -0.495 e. The van der Waals surface area contributed by atoms with Gasteiger partial charge in [0.2, 0.25) is 10.0 Å². The van der Waals surface area contributed by atoms with E-state index < -0.39 is 10.0 Å². The maximum Gasteiger partial charge on any atom is 0.244 e. The number of aryl methyl sites for hydroxylation is 1. The van der Waals surface area contributed by atoms with E-state index in [1.54, 1.807) is 40.0 Å². The van der Waals surface area contributed by atoms with Crippen LogP contribution in [0, 0.1) is 0 Å². The fourth-order valence-electron chi connectivity index (χ4n) is 2.46. The number of methoxy groups -OCH3 is 1. The van der Waals surface area contributed by atoms with Crippen molar-refractivity contribution in [3.05, 3.63) is 36.7 Å². The Balaban J connectivity index is 1.87. The van der Waals surface area contributed by atoms with Crippen LogP contribution >= 0.6 is 0 Å². The molecule has 0 radical (unpaired) electrons. The van der Waals surface area contributed by atoms with Gasteiger partial charge in [-0.25, -0.2) is 17.8 Å². The standard InChI is InChI=1S/C15H19N7O3S/c1-3-22-15(18-19-20-22)12-5-6-13(25-2)14(11-12)26(23,24)17-8-10-21-9-4-7-16-21/h4-7,9,11,17H,3,8,10H2,1-2H3. The highest BCUT2D eigenvalue weighted by Gasteiger charge is 2.21. The van der Waals surface area contributed by atoms with Gasteiger partial charge >= 0.3 is 0 Å². The van der Waals surface area contributed by atoms with Crippen LogP contribution in [0.1, 0.15) is 6.92 Å². The number of tetrazole rings is 1. The van der Waals surface area contributed by atoms with Gasteiger partial charge in [0.1, 0.15) is 10.6 Å². The fraction of sp³-hybridized carbons (Fsp3) is 0.333. The molecule has 0 unspecified atom stereocenters. The molecule has 0 fully saturated rings. The molecular formula is C15H19N7O3S. The Hall–Kier alpha value is -2.79. The van der Waals surface area contributed by atoms with Crippen LogP contribution in [0.15, 0.2) is 41.6 Å². The van der Waals surface area contributed by atoms with Gasteiger partial charge in [0.05, 0.1) is 13.7 Å². The monoisotopic (exact) mass is 377 g/mol. The van der Waals surface area contributed by atoms with Gasteiger partial charge < -0.3 is 4.74 Å². The van der Waals surface area contributed by atoms with E-state index in [1.165, 1.54) is 13.2 Å². The van der Waals surface area contributed by atoms with Crippen molar-refractivity contribution in [1.82, 2.24) is 34.7 Å². The molecule has 2 aromatic heterocycles. The van der Waals surface area contributed by atoms with Crippen LogP contribution in [-0.2, 0) is 23.1 Å². The average molecular weight is 377 g/mol. The summed E-state index contributed by atoms with van der Waals surface area (Å²) in [6, 6.07) is 6.59. The first-order valence-corrected chi connectivity index (χ1v) is 9.45. The molecule has 0 amide bonds. The second-order valence-electron chi connectivity index (χ2n) is 5.35. The van der Waals surface area contributed by atoms with Gasteiger partial charge in [0, 0.05) is 31.0 Å². The minimum absolute atomic E-state index is 0.0311. The Kier molecular flexibility index (Phi) is 5.28. The van der Waals surface area contributed by atoms with Gasteiger partial charge in [-0.15, -0.1) is 5.10 Å². The Labute approximate surface area is 150 Å². The van der Waals surface area contributed by atoms with Gasteiger partial charge in [-0.1, -0.05) is 0 Å². The first-order valence-electron chi connectivity index (χ1n) is 7.97. The summed E-state index contributed by atoms with van der Waals surface area (Å²) in [5, 5.41) is 15.5. The van der Waals surface area contributed by atoms with E-state index in [4.69, 9.17) is 4.74 Å². The molecule has 1 N–H and O–H groups in total. The van der Waals surface area contributed by atoms with Crippen molar-refractivity contribution < 1.29 is 13.2 Å². The largest absolute Gasteiger partial charge is 0.495 e. The zero-order valence-corrected chi connectivity index (χ0v) is 15.2. The number of nitrogens with zero attached hydrogens (tertiary/aromatic N) is 6. The van der Waals surface area contributed by atoms with E-state index >= 15 is 0 Å². The van der Waals surface area contributed by atoms with Crippen LogP contribution in [0.5, 0.6) is 5.75 Å². The maximum absolute atomic E-state index is 12.7. The van der Waals surface area contributed by atoms with Crippen molar-refractivity contribution in [1.29, 1.82) is 0 Å². The van der Waals surface area contributed by atoms with Gasteiger partial charge in [0.15, 0.2) is 5.82 Å². The average Bonchev–Trinajstić information content (AvgIpc) is 3.32. The molecule has 11 heteroatoms. The molecule has 138 valence electrons. The molecule has 0 atom stereocenters. The molecule has 0 spiro atoms. The number of hydrogen-bond donors (Lipinski definition) is 1. The van der Waals surface area contributed by atoms with E-state index in [-0.39, 0.29) is 17.2 Å². The molecule has 0 aliphatic carbocycles. The Morgan fingerprint density at radius 2 is 2.15 bits per heavy atom. The second-order valence-corrected chi connectivity index (χ2v) is 7.09. The van der Waals surface area contributed by atoms with Gasteiger partial charge in [-0.3, -0.25) is 4.68 Å². The van der Waals surface area contributed by atoms with E-state index in [2.05, 4.69) is 25.3 Å². The van der Waals surface area contributed by atoms with Crippen LogP contribution in [0.3, 0.4) is 0 Å². The number of nitrogens with one attached hydrogen (secondary N) is 1. The molecular weight excluding hydrogens is 358 g/mol. The van der Waals surface area contributed by atoms with Gasteiger partial charge in [0.25, 0.3) is 0 Å². The van der Waals surface area contributed by atoms with Crippen molar-refractivity contribution in [2.75, 3.05) is 13.7 Å². The third-order valence-electron chi connectivity index (χ3n) is 3.73. The molecule has 2 heterocycles. The van der Waals surface area contributed by atoms with Crippen molar-refractivity contribution in [3.8, 4) is 17.1 Å². The van der Waals surface area contributed by atoms with E-state index in [0.29, 0.717) is 24.5 Å². The van der Waals surface area contributed by atoms with Crippen LogP contribution in [-0.4, -0.2) is 52.1 Å². The molecule has 1 aromatic carbocycles. The van der Waals surface area contributed by atoms with Gasteiger partial charge in [-0.05, 0) is 41.6 Å². The molecule has 0 bridgehead atoms. The number of ether oxygens (including phenoxy) is 1. The number of sulfonamides is 1. The van der Waals surface area contributed by atoms with Crippen LogP contribution in [0.2, 0.25) is 0 Å². The lowest BCUT2D eigenvalue weighted by Gasteiger charge is -2.12. The first-order chi connectivity index (χ1) is 12.5. The normalized spacial score (nSPS) is 11.6. The summed E-state index contributed by atoms with van der Waals surface area (Å²) in [6.07, 6.45) is 3.40. The summed E-state index contributed by atoms with van der Waals surface area (Å²) >= 11 is 0. The van der Waals surface area contributed by atoms with Gasteiger partial charge in [-0.2, -0.15) is 5.10 Å². The Morgan fingerprint density at radius 3 is 2.85 bits per heavy atom. The summed E-state index contributed by atoms with van der Waals surface area (Å²) < 4.78 is 36.5. The summed E-state index contributed by atoms with van der Waals surface area (Å²) in [6.45, 7) is 3.09. The third-order valence-corrected chi connectivity index (χ3v) is 5.22. The predicted molar refractivity (Wildman–Crippen MR) is 92.9 cm³/mol.